The monoisotopic (exact) mass is 450 g/mol. The zero-order valence-electron chi connectivity index (χ0n) is 19.6. The molecule has 1 unspecified atom stereocenters. The van der Waals surface area contributed by atoms with E-state index in [9.17, 15) is 15.2 Å². The molecule has 176 valence electrons. The second kappa shape index (κ2) is 11.3. The fraction of sp³-hybridized carbons (Fsp3) is 0.481. The first-order valence-corrected chi connectivity index (χ1v) is 11.7. The van der Waals surface area contributed by atoms with Crippen molar-refractivity contribution in [2.45, 2.75) is 70.4 Å². The van der Waals surface area contributed by atoms with Crippen molar-refractivity contribution in [3.8, 4) is 11.8 Å². The van der Waals surface area contributed by atoms with Crippen molar-refractivity contribution in [3.63, 3.8) is 0 Å². The molecule has 0 amide bonds. The fourth-order valence-electron chi connectivity index (χ4n) is 4.29. The molecule has 0 heterocycles. The Bertz CT molecular complexity index is 1010. The summed E-state index contributed by atoms with van der Waals surface area (Å²) in [6.45, 7) is 4.65. The number of carbonyl (C=O) groups is 1. The van der Waals surface area contributed by atoms with Crippen LogP contribution in [0.3, 0.4) is 0 Å². The minimum atomic E-state index is -0.874. The van der Waals surface area contributed by atoms with E-state index in [0.29, 0.717) is 24.3 Å². The molecule has 1 aliphatic carbocycles. The number of rotatable bonds is 11. The van der Waals surface area contributed by atoms with Gasteiger partial charge in [-0.1, -0.05) is 24.3 Å². The van der Waals surface area contributed by atoms with Crippen LogP contribution in [0.25, 0.3) is 0 Å². The van der Waals surface area contributed by atoms with Crippen LogP contribution in [0.4, 0.5) is 0 Å². The highest BCUT2D eigenvalue weighted by atomic mass is 16.5. The van der Waals surface area contributed by atoms with Gasteiger partial charge in [-0.3, -0.25) is 4.79 Å². The number of hydrogen-bond acceptors (Lipinski definition) is 5. The smallest absolute Gasteiger partial charge is 0.303 e. The number of ether oxygens (including phenoxy) is 1. The van der Waals surface area contributed by atoms with E-state index in [0.717, 1.165) is 18.4 Å². The summed E-state index contributed by atoms with van der Waals surface area (Å²) in [5, 5.41) is 32.1. The molecule has 0 aliphatic heterocycles. The van der Waals surface area contributed by atoms with E-state index in [-0.39, 0.29) is 18.6 Å². The van der Waals surface area contributed by atoms with Gasteiger partial charge in [-0.05, 0) is 86.8 Å². The second-order valence-electron chi connectivity index (χ2n) is 9.55. The number of carboxylic acid groups (broad SMARTS) is 1. The van der Waals surface area contributed by atoms with Gasteiger partial charge in [0.05, 0.1) is 5.56 Å². The number of aliphatic carboxylic acids is 1. The van der Waals surface area contributed by atoms with Crippen molar-refractivity contribution in [1.29, 1.82) is 5.26 Å². The molecular weight excluding hydrogens is 416 g/mol. The van der Waals surface area contributed by atoms with Crippen LogP contribution < -0.4 is 10.1 Å². The predicted molar refractivity (Wildman–Crippen MR) is 127 cm³/mol. The Morgan fingerprint density at radius 2 is 1.88 bits per heavy atom. The molecule has 0 fully saturated rings. The number of nitriles is 1. The minimum Gasteiger partial charge on any atom is -0.489 e. The van der Waals surface area contributed by atoms with Gasteiger partial charge in [0.15, 0.2) is 0 Å². The molecule has 6 nitrogen and oxygen atoms in total. The summed E-state index contributed by atoms with van der Waals surface area (Å²) >= 11 is 0. The third-order valence-electron chi connectivity index (χ3n) is 6.10. The molecule has 2 aromatic rings. The van der Waals surface area contributed by atoms with Crippen LogP contribution in [-0.4, -0.2) is 41.0 Å². The maximum atomic E-state index is 10.8. The van der Waals surface area contributed by atoms with Gasteiger partial charge < -0.3 is 20.3 Å². The number of nitrogens with zero attached hydrogens (tertiary/aromatic N) is 1. The number of fused-ring (bicyclic) bond motifs is 1. The summed E-state index contributed by atoms with van der Waals surface area (Å²) < 4.78 is 5.72. The molecule has 3 N–H and O–H groups in total. The van der Waals surface area contributed by atoms with E-state index >= 15 is 0 Å². The van der Waals surface area contributed by atoms with E-state index in [2.05, 4.69) is 43.4 Å². The van der Waals surface area contributed by atoms with Gasteiger partial charge in [0, 0.05) is 18.5 Å². The summed E-state index contributed by atoms with van der Waals surface area (Å²) in [4.78, 5) is 10.8. The summed E-state index contributed by atoms with van der Waals surface area (Å²) in [5.74, 6) is -0.505. The first-order valence-electron chi connectivity index (χ1n) is 11.7. The quantitative estimate of drug-likeness (QED) is 0.481. The molecule has 0 aromatic heterocycles. The van der Waals surface area contributed by atoms with Crippen molar-refractivity contribution in [3.05, 3.63) is 64.2 Å². The highest BCUT2D eigenvalue weighted by Gasteiger charge is 2.21. The van der Waals surface area contributed by atoms with E-state index < -0.39 is 12.1 Å². The van der Waals surface area contributed by atoms with Crippen LogP contribution in [0.1, 0.15) is 60.9 Å². The SMILES string of the molecule is CC(C)(Cc1ccc2c(c1)CCCC2)NCC(O)COc1cc(CCC(=O)O)ccc1C#N. The lowest BCUT2D eigenvalue weighted by molar-refractivity contribution is -0.136. The van der Waals surface area contributed by atoms with Gasteiger partial charge in [0.25, 0.3) is 0 Å². The van der Waals surface area contributed by atoms with Crippen molar-refractivity contribution in [1.82, 2.24) is 5.32 Å². The van der Waals surface area contributed by atoms with Crippen molar-refractivity contribution < 1.29 is 19.7 Å². The number of nitrogens with one attached hydrogen (secondary N) is 1. The van der Waals surface area contributed by atoms with Crippen LogP contribution in [0.15, 0.2) is 36.4 Å². The third-order valence-corrected chi connectivity index (χ3v) is 6.10. The zero-order valence-corrected chi connectivity index (χ0v) is 19.6. The van der Waals surface area contributed by atoms with Gasteiger partial charge in [-0.15, -0.1) is 0 Å². The van der Waals surface area contributed by atoms with E-state index in [1.54, 1.807) is 18.2 Å². The van der Waals surface area contributed by atoms with E-state index in [4.69, 9.17) is 9.84 Å². The molecule has 1 atom stereocenters. The lowest BCUT2D eigenvalue weighted by atomic mass is 9.87. The molecule has 1 aliphatic rings. The highest BCUT2D eigenvalue weighted by molar-refractivity contribution is 5.67. The Kier molecular flexibility index (Phi) is 8.49. The molecule has 6 heteroatoms. The lowest BCUT2D eigenvalue weighted by Gasteiger charge is -2.29. The maximum Gasteiger partial charge on any atom is 0.303 e. The molecule has 2 aromatic carbocycles. The average Bonchev–Trinajstić information content (AvgIpc) is 2.79. The summed E-state index contributed by atoms with van der Waals surface area (Å²) in [6, 6.07) is 13.9. The molecule has 0 bridgehead atoms. The van der Waals surface area contributed by atoms with Gasteiger partial charge >= 0.3 is 5.97 Å². The van der Waals surface area contributed by atoms with E-state index in [1.165, 1.54) is 36.0 Å². The Balaban J connectivity index is 1.51. The predicted octanol–water partition coefficient (Wildman–Crippen LogP) is 3.80. The molecule has 0 radical (unpaired) electrons. The first-order chi connectivity index (χ1) is 15.8. The fourth-order valence-corrected chi connectivity index (χ4v) is 4.29. The average molecular weight is 451 g/mol. The Labute approximate surface area is 196 Å². The molecule has 33 heavy (non-hydrogen) atoms. The zero-order chi connectivity index (χ0) is 23.8. The Morgan fingerprint density at radius 1 is 1.15 bits per heavy atom. The van der Waals surface area contributed by atoms with Crippen LogP contribution in [0.2, 0.25) is 0 Å². The van der Waals surface area contributed by atoms with Gasteiger partial charge in [-0.25, -0.2) is 0 Å². The van der Waals surface area contributed by atoms with Crippen molar-refractivity contribution in [2.75, 3.05) is 13.2 Å². The minimum absolute atomic E-state index is 0.0111. The summed E-state index contributed by atoms with van der Waals surface area (Å²) in [7, 11) is 0. The number of aliphatic hydroxyl groups excluding tert-OH is 1. The number of aryl methyl sites for hydroxylation is 3. The van der Waals surface area contributed by atoms with Gasteiger partial charge in [-0.2, -0.15) is 5.26 Å². The van der Waals surface area contributed by atoms with Crippen molar-refractivity contribution >= 4 is 5.97 Å². The van der Waals surface area contributed by atoms with Crippen LogP contribution in [0, 0.1) is 11.3 Å². The first kappa shape index (κ1) is 24.8. The third kappa shape index (κ3) is 7.59. The normalized spacial score (nSPS) is 14.2. The van der Waals surface area contributed by atoms with E-state index in [1.807, 2.05) is 0 Å². The van der Waals surface area contributed by atoms with Crippen LogP contribution >= 0.6 is 0 Å². The van der Waals surface area contributed by atoms with Crippen LogP contribution in [0.5, 0.6) is 5.75 Å². The topological polar surface area (TPSA) is 103 Å². The molecule has 0 saturated carbocycles. The summed E-state index contributed by atoms with van der Waals surface area (Å²) in [5.41, 5.74) is 5.20. The second-order valence-corrected chi connectivity index (χ2v) is 9.55. The largest absolute Gasteiger partial charge is 0.489 e. The lowest BCUT2D eigenvalue weighted by Crippen LogP contribution is -2.46. The number of β-amino-alcohol motifs (C(OH)–C–C–N with tert-alkyl or cyclic N) is 1. The number of benzene rings is 2. The molecule has 0 spiro atoms. The van der Waals surface area contributed by atoms with Gasteiger partial charge in [0.1, 0.15) is 24.5 Å². The standard InChI is InChI=1S/C27H34N2O4/c1-27(2,15-20-8-10-21-5-3-4-6-22(21)13-20)29-17-24(30)18-33-25-14-19(9-12-26(31)32)7-11-23(25)16-28/h7-8,10-11,13-14,24,29-30H,3-6,9,12,15,17-18H2,1-2H3,(H,31,32). The maximum absolute atomic E-state index is 10.8. The molecule has 0 saturated heterocycles. The summed E-state index contributed by atoms with van der Waals surface area (Å²) in [6.07, 6.45) is 5.37. The van der Waals surface area contributed by atoms with Crippen molar-refractivity contribution in [2.24, 2.45) is 0 Å². The van der Waals surface area contributed by atoms with Crippen LogP contribution in [-0.2, 0) is 30.5 Å². The Hall–Kier alpha value is -2.88. The van der Waals surface area contributed by atoms with Gasteiger partial charge in [0.2, 0.25) is 0 Å². The number of aliphatic hydroxyl groups is 1. The molecular formula is C27H34N2O4. The molecule has 3 rings (SSSR count). The Morgan fingerprint density at radius 3 is 2.61 bits per heavy atom. The highest BCUT2D eigenvalue weighted by Crippen LogP contribution is 2.24. The number of carboxylic acids is 1. The number of hydrogen-bond donors (Lipinski definition) is 3.